The minimum atomic E-state index is -0.463. The van der Waals surface area contributed by atoms with Gasteiger partial charge in [0.25, 0.3) is 0 Å². The molecule has 3 atom stereocenters. The molecule has 2 saturated heterocycles. The molecule has 3 heterocycles. The van der Waals surface area contributed by atoms with Gasteiger partial charge in [0.15, 0.2) is 12.6 Å². The van der Waals surface area contributed by atoms with Crippen LogP contribution in [0.4, 0.5) is 14.5 Å². The van der Waals surface area contributed by atoms with Gasteiger partial charge in [0.05, 0.1) is 13.2 Å². The Hall–Kier alpha value is -3.20. The molecular formula is C34H39F2NO5. The molecule has 8 heteroatoms. The van der Waals surface area contributed by atoms with E-state index in [2.05, 4.69) is 29.2 Å². The summed E-state index contributed by atoms with van der Waals surface area (Å²) < 4.78 is 58.4. The number of rotatable bonds is 8. The van der Waals surface area contributed by atoms with Crippen LogP contribution in [0.1, 0.15) is 60.6 Å². The van der Waals surface area contributed by atoms with E-state index in [1.807, 2.05) is 18.2 Å². The molecule has 0 saturated carbocycles. The Labute approximate surface area is 246 Å². The molecular weight excluding hydrogens is 540 g/mol. The molecule has 2 fully saturated rings. The normalized spacial score (nSPS) is 23.0. The number of hydrogen-bond donors (Lipinski definition) is 0. The predicted molar refractivity (Wildman–Crippen MR) is 156 cm³/mol. The highest BCUT2D eigenvalue weighted by Gasteiger charge is 2.36. The summed E-state index contributed by atoms with van der Waals surface area (Å²) in [5, 5.41) is 0. The average Bonchev–Trinajstić information content (AvgIpc) is 3.03. The topological polar surface area (TPSA) is 49.4 Å². The van der Waals surface area contributed by atoms with E-state index in [0.29, 0.717) is 29.6 Å². The molecule has 6 rings (SSSR count). The maximum absolute atomic E-state index is 15.1. The SMILES string of the molecule is COC(OC)C1CCN(c2ccc(C3c4ccc(OC5CCCCO5)cc4OCC3c3cc(F)ccc3F)cc2)CC1. The molecule has 224 valence electrons. The van der Waals surface area contributed by atoms with Gasteiger partial charge >= 0.3 is 0 Å². The fourth-order valence-corrected chi connectivity index (χ4v) is 6.70. The summed E-state index contributed by atoms with van der Waals surface area (Å²) in [5.41, 5.74) is 3.40. The van der Waals surface area contributed by atoms with Crippen LogP contribution in [-0.4, -0.2) is 53.1 Å². The maximum atomic E-state index is 15.1. The standard InChI is InChI=1S/C34H39F2NO5/c1-38-34(39-2)23-14-16-37(17-15-23)25-9-6-22(7-10-25)33-27-12-11-26(42-32-5-3-4-18-40-32)20-31(27)41-21-29(33)28-19-24(35)8-13-30(28)36/h6-13,19-20,23,29,32-34H,3-5,14-18,21H2,1-2H3. The first-order chi connectivity index (χ1) is 20.5. The van der Waals surface area contributed by atoms with Crippen LogP contribution >= 0.6 is 0 Å². The van der Waals surface area contributed by atoms with Gasteiger partial charge in [0, 0.05) is 68.8 Å². The second-order valence-corrected chi connectivity index (χ2v) is 11.4. The summed E-state index contributed by atoms with van der Waals surface area (Å²) in [6.07, 6.45) is 4.50. The quantitative estimate of drug-likeness (QED) is 0.268. The highest BCUT2D eigenvalue weighted by molar-refractivity contribution is 5.54. The number of anilines is 1. The van der Waals surface area contributed by atoms with E-state index >= 15 is 4.39 Å². The van der Waals surface area contributed by atoms with E-state index in [1.165, 1.54) is 12.1 Å². The smallest absolute Gasteiger partial charge is 0.199 e. The third kappa shape index (κ3) is 6.12. The van der Waals surface area contributed by atoms with Crippen molar-refractivity contribution in [3.05, 3.63) is 89.0 Å². The number of hydrogen-bond acceptors (Lipinski definition) is 6. The van der Waals surface area contributed by atoms with Crippen molar-refractivity contribution in [2.45, 2.75) is 56.5 Å². The minimum absolute atomic E-state index is 0.177. The third-order valence-corrected chi connectivity index (χ3v) is 8.91. The summed E-state index contributed by atoms with van der Waals surface area (Å²) in [4.78, 5) is 2.38. The van der Waals surface area contributed by atoms with Crippen molar-refractivity contribution >= 4 is 5.69 Å². The number of fused-ring (bicyclic) bond motifs is 1. The molecule has 3 aromatic rings. The van der Waals surface area contributed by atoms with Gasteiger partial charge in [-0.2, -0.15) is 0 Å². The van der Waals surface area contributed by atoms with Crippen molar-refractivity contribution in [3.63, 3.8) is 0 Å². The van der Waals surface area contributed by atoms with Gasteiger partial charge in [-0.15, -0.1) is 0 Å². The van der Waals surface area contributed by atoms with Gasteiger partial charge in [0.2, 0.25) is 0 Å². The molecule has 3 unspecified atom stereocenters. The molecule has 0 spiro atoms. The van der Waals surface area contributed by atoms with Gasteiger partial charge in [-0.25, -0.2) is 8.78 Å². The fraction of sp³-hybridized carbons (Fsp3) is 0.471. The summed E-state index contributed by atoms with van der Waals surface area (Å²) in [6, 6.07) is 17.9. The van der Waals surface area contributed by atoms with E-state index < -0.39 is 17.6 Å². The third-order valence-electron chi connectivity index (χ3n) is 8.91. The number of halogens is 2. The molecule has 0 N–H and O–H groups in total. The molecule has 3 aliphatic heterocycles. The van der Waals surface area contributed by atoms with Crippen molar-refractivity contribution in [1.82, 2.24) is 0 Å². The Balaban J connectivity index is 1.27. The second kappa shape index (κ2) is 13.0. The molecule has 3 aromatic carbocycles. The Bertz CT molecular complexity index is 1330. The summed E-state index contributed by atoms with van der Waals surface area (Å²) >= 11 is 0. The van der Waals surface area contributed by atoms with Crippen LogP contribution in [0.5, 0.6) is 11.5 Å². The van der Waals surface area contributed by atoms with Crippen LogP contribution in [0, 0.1) is 17.6 Å². The number of ether oxygens (including phenoxy) is 5. The Morgan fingerprint density at radius 1 is 0.857 bits per heavy atom. The highest BCUT2D eigenvalue weighted by atomic mass is 19.1. The molecule has 0 amide bonds. The number of piperidine rings is 1. The molecule has 0 bridgehead atoms. The van der Waals surface area contributed by atoms with Crippen molar-refractivity contribution < 1.29 is 32.5 Å². The van der Waals surface area contributed by atoms with E-state index in [0.717, 1.165) is 68.1 Å². The van der Waals surface area contributed by atoms with Crippen LogP contribution in [0.25, 0.3) is 0 Å². The molecule has 6 nitrogen and oxygen atoms in total. The molecule has 0 aromatic heterocycles. The van der Waals surface area contributed by atoms with E-state index in [1.54, 1.807) is 14.2 Å². The lowest BCUT2D eigenvalue weighted by molar-refractivity contribution is -0.141. The predicted octanol–water partition coefficient (Wildman–Crippen LogP) is 7.01. The van der Waals surface area contributed by atoms with Crippen LogP contribution in [0.15, 0.2) is 60.7 Å². The maximum Gasteiger partial charge on any atom is 0.199 e. The van der Waals surface area contributed by atoms with Crippen molar-refractivity contribution in [3.8, 4) is 11.5 Å². The summed E-state index contributed by atoms with van der Waals surface area (Å²) in [5.74, 6) is 0.218. The van der Waals surface area contributed by atoms with Gasteiger partial charge in [-0.3, -0.25) is 0 Å². The fourth-order valence-electron chi connectivity index (χ4n) is 6.70. The Kier molecular flexibility index (Phi) is 8.93. The highest BCUT2D eigenvalue weighted by Crippen LogP contribution is 2.48. The lowest BCUT2D eigenvalue weighted by atomic mass is 9.75. The molecule has 0 radical (unpaired) electrons. The van der Waals surface area contributed by atoms with Gasteiger partial charge < -0.3 is 28.6 Å². The van der Waals surface area contributed by atoms with Crippen LogP contribution in [-0.2, 0) is 14.2 Å². The molecule has 42 heavy (non-hydrogen) atoms. The zero-order chi connectivity index (χ0) is 29.1. The Morgan fingerprint density at radius 3 is 2.36 bits per heavy atom. The molecule has 3 aliphatic rings. The summed E-state index contributed by atoms with van der Waals surface area (Å²) in [6.45, 7) is 2.75. The van der Waals surface area contributed by atoms with Crippen LogP contribution in [0.3, 0.4) is 0 Å². The second-order valence-electron chi connectivity index (χ2n) is 11.4. The van der Waals surface area contributed by atoms with E-state index in [9.17, 15) is 4.39 Å². The van der Waals surface area contributed by atoms with Crippen LogP contribution < -0.4 is 14.4 Å². The first-order valence-electron chi connectivity index (χ1n) is 14.9. The zero-order valence-corrected chi connectivity index (χ0v) is 24.3. The Morgan fingerprint density at radius 2 is 1.64 bits per heavy atom. The van der Waals surface area contributed by atoms with Gasteiger partial charge in [0.1, 0.15) is 23.1 Å². The number of methoxy groups -OCH3 is 2. The first kappa shape index (κ1) is 28.9. The first-order valence-corrected chi connectivity index (χ1v) is 14.9. The lowest BCUT2D eigenvalue weighted by Crippen LogP contribution is -2.39. The number of benzene rings is 3. The van der Waals surface area contributed by atoms with Crippen molar-refractivity contribution in [2.75, 3.05) is 45.4 Å². The molecule has 0 aliphatic carbocycles. The van der Waals surface area contributed by atoms with Crippen LogP contribution in [0.2, 0.25) is 0 Å². The van der Waals surface area contributed by atoms with Gasteiger partial charge in [-0.1, -0.05) is 18.2 Å². The van der Waals surface area contributed by atoms with E-state index in [4.69, 9.17) is 23.7 Å². The largest absolute Gasteiger partial charge is 0.492 e. The van der Waals surface area contributed by atoms with Gasteiger partial charge in [-0.05, 0) is 73.2 Å². The van der Waals surface area contributed by atoms with Crippen molar-refractivity contribution in [2.24, 2.45) is 5.92 Å². The van der Waals surface area contributed by atoms with E-state index in [-0.39, 0.29) is 25.1 Å². The van der Waals surface area contributed by atoms with Crippen molar-refractivity contribution in [1.29, 1.82) is 0 Å². The number of nitrogens with zero attached hydrogens (tertiary/aromatic N) is 1. The summed E-state index contributed by atoms with van der Waals surface area (Å²) in [7, 11) is 3.38. The zero-order valence-electron chi connectivity index (χ0n) is 24.3. The monoisotopic (exact) mass is 579 g/mol. The minimum Gasteiger partial charge on any atom is -0.492 e. The average molecular weight is 580 g/mol. The lowest BCUT2D eigenvalue weighted by Gasteiger charge is -2.37.